The van der Waals surface area contributed by atoms with Crippen molar-refractivity contribution in [3.8, 4) is 0 Å². The number of hydrogen-bond acceptors (Lipinski definition) is 8. The second kappa shape index (κ2) is 14.9. The summed E-state index contributed by atoms with van der Waals surface area (Å²) < 4.78 is 23.4. The summed E-state index contributed by atoms with van der Waals surface area (Å²) in [5.74, 6) is -0.447. The molecule has 8 heteroatoms. The van der Waals surface area contributed by atoms with E-state index in [-0.39, 0.29) is 84.7 Å². The molecule has 0 amide bonds. The molecule has 3 heterocycles. The first kappa shape index (κ1) is 33.9. The molecule has 1 aliphatic carbocycles. The Labute approximate surface area is 257 Å². The van der Waals surface area contributed by atoms with Crippen LogP contribution in [0.2, 0.25) is 0 Å². The number of cyclic esters (lactones) is 1. The number of carbonyl (C=O) groups excluding carboxylic acids is 2. The summed E-state index contributed by atoms with van der Waals surface area (Å²) in [6.45, 7) is 12.3. The van der Waals surface area contributed by atoms with Crippen molar-refractivity contribution in [1.82, 2.24) is 0 Å². The van der Waals surface area contributed by atoms with Gasteiger partial charge in [-0.3, -0.25) is 4.79 Å². The van der Waals surface area contributed by atoms with Gasteiger partial charge in [0.1, 0.15) is 11.3 Å². The second-order valence-corrected chi connectivity index (χ2v) is 13.8. The van der Waals surface area contributed by atoms with Crippen LogP contribution in [0.3, 0.4) is 0 Å². The number of hydrogen-bond donors (Lipinski definition) is 2. The summed E-state index contributed by atoms with van der Waals surface area (Å²) in [5.41, 5.74) is 0.673. The number of carbonyl (C=O) groups is 2. The zero-order chi connectivity index (χ0) is 31.4. The van der Waals surface area contributed by atoms with E-state index in [0.29, 0.717) is 5.92 Å². The van der Waals surface area contributed by atoms with E-state index in [1.807, 2.05) is 6.92 Å². The van der Waals surface area contributed by atoms with Crippen LogP contribution in [0.1, 0.15) is 80.1 Å². The largest absolute Gasteiger partial charge is 0.511 e. The van der Waals surface area contributed by atoms with Gasteiger partial charge in [-0.25, -0.2) is 4.79 Å². The normalized spacial score (nSPS) is 39.2. The number of ketones is 1. The Kier molecular flexibility index (Phi) is 11.7. The molecule has 43 heavy (non-hydrogen) atoms. The molecule has 0 aromatic heterocycles. The molecule has 0 bridgehead atoms. The van der Waals surface area contributed by atoms with Crippen LogP contribution in [0.5, 0.6) is 0 Å². The fourth-order valence-corrected chi connectivity index (χ4v) is 8.06. The van der Waals surface area contributed by atoms with Crippen LogP contribution < -0.4 is 0 Å². The van der Waals surface area contributed by atoms with Gasteiger partial charge in [0.05, 0.1) is 37.1 Å². The van der Waals surface area contributed by atoms with Crippen molar-refractivity contribution in [2.45, 2.75) is 111 Å². The highest BCUT2D eigenvalue weighted by molar-refractivity contribution is 6.22. The third kappa shape index (κ3) is 7.63. The fourth-order valence-electron chi connectivity index (χ4n) is 8.06. The van der Waals surface area contributed by atoms with Gasteiger partial charge in [-0.05, 0) is 67.8 Å². The minimum Gasteiger partial charge on any atom is -0.511 e. The number of methoxy groups -OCH3 is 1. The molecule has 242 valence electrons. The molecule has 8 nitrogen and oxygen atoms in total. The van der Waals surface area contributed by atoms with Crippen LogP contribution in [-0.2, 0) is 28.5 Å². The van der Waals surface area contributed by atoms with E-state index in [4.69, 9.17) is 18.9 Å². The molecule has 3 aliphatic heterocycles. The van der Waals surface area contributed by atoms with Gasteiger partial charge in [0.15, 0.2) is 6.61 Å². The van der Waals surface area contributed by atoms with Crippen LogP contribution >= 0.6 is 0 Å². The number of rotatable bonds is 10. The molecule has 1 saturated carbocycles. The third-order valence-electron chi connectivity index (χ3n) is 10.7. The lowest BCUT2D eigenvalue weighted by Gasteiger charge is -2.41. The quantitative estimate of drug-likeness (QED) is 0.107. The van der Waals surface area contributed by atoms with E-state index in [1.165, 1.54) is 0 Å². The third-order valence-corrected chi connectivity index (χ3v) is 10.7. The van der Waals surface area contributed by atoms with Crippen molar-refractivity contribution in [2.75, 3.05) is 20.3 Å². The SMILES string of the molecule is COC(C)C1CC(C)C(C(C)/C=C/C2CCC(C)C(/C(=C/C3CCCC(C)C3C(C)/C(O)=C3\C(=O)COC3=O)CO)O2)O1. The van der Waals surface area contributed by atoms with Crippen LogP contribution in [0, 0.1) is 41.4 Å². The maximum Gasteiger partial charge on any atom is 0.345 e. The van der Waals surface area contributed by atoms with Gasteiger partial charge < -0.3 is 29.2 Å². The lowest BCUT2D eigenvalue weighted by Crippen LogP contribution is -2.37. The molecule has 3 saturated heterocycles. The van der Waals surface area contributed by atoms with Crippen LogP contribution in [0.25, 0.3) is 0 Å². The number of ether oxygens (including phenoxy) is 4. The Balaban J connectivity index is 1.48. The Bertz CT molecular complexity index is 1060. The van der Waals surface area contributed by atoms with Gasteiger partial charge in [-0.1, -0.05) is 65.7 Å². The lowest BCUT2D eigenvalue weighted by molar-refractivity contribution is -0.135. The van der Waals surface area contributed by atoms with Crippen LogP contribution in [0.15, 0.2) is 35.1 Å². The molecule has 2 N–H and O–H groups in total. The van der Waals surface area contributed by atoms with Gasteiger partial charge in [-0.15, -0.1) is 0 Å². The molecule has 4 rings (SSSR count). The molecule has 0 aromatic carbocycles. The highest BCUT2D eigenvalue weighted by Crippen LogP contribution is 2.44. The van der Waals surface area contributed by atoms with Gasteiger partial charge in [0.2, 0.25) is 5.78 Å². The van der Waals surface area contributed by atoms with Gasteiger partial charge >= 0.3 is 5.97 Å². The number of Topliss-reactive ketones (excluding diaryl/α,β-unsaturated/α-hetero) is 1. The summed E-state index contributed by atoms with van der Waals surface area (Å²) in [4.78, 5) is 24.4. The maximum atomic E-state index is 12.3. The molecule has 12 unspecified atom stereocenters. The van der Waals surface area contributed by atoms with E-state index in [9.17, 15) is 19.8 Å². The Morgan fingerprint density at radius 1 is 1.02 bits per heavy atom. The van der Waals surface area contributed by atoms with E-state index in [2.05, 4.69) is 52.8 Å². The Hall–Kier alpha value is -2.00. The molecule has 4 fully saturated rings. The summed E-state index contributed by atoms with van der Waals surface area (Å²) in [7, 11) is 1.73. The summed E-state index contributed by atoms with van der Waals surface area (Å²) in [6, 6.07) is 0. The van der Waals surface area contributed by atoms with Crippen molar-refractivity contribution in [1.29, 1.82) is 0 Å². The highest BCUT2D eigenvalue weighted by Gasteiger charge is 2.41. The average molecular weight is 603 g/mol. The maximum absolute atomic E-state index is 12.3. The highest BCUT2D eigenvalue weighted by atomic mass is 16.6. The van der Waals surface area contributed by atoms with Crippen molar-refractivity contribution in [3.05, 3.63) is 35.1 Å². The van der Waals surface area contributed by atoms with E-state index >= 15 is 0 Å². The molecule has 0 radical (unpaired) electrons. The van der Waals surface area contributed by atoms with Crippen molar-refractivity contribution < 1.29 is 38.7 Å². The number of aliphatic hydroxyl groups is 2. The summed E-state index contributed by atoms with van der Waals surface area (Å²) in [6.07, 6.45) is 12.5. The smallest absolute Gasteiger partial charge is 0.345 e. The lowest BCUT2D eigenvalue weighted by atomic mass is 9.66. The van der Waals surface area contributed by atoms with Crippen molar-refractivity contribution in [3.63, 3.8) is 0 Å². The summed E-state index contributed by atoms with van der Waals surface area (Å²) >= 11 is 0. The monoisotopic (exact) mass is 602 g/mol. The first-order chi connectivity index (χ1) is 20.5. The molecular formula is C35H54O8. The zero-order valence-corrected chi connectivity index (χ0v) is 27.2. The predicted octanol–water partition coefficient (Wildman–Crippen LogP) is 5.74. The first-order valence-electron chi connectivity index (χ1n) is 16.4. The molecule has 0 aromatic rings. The molecule has 12 atom stereocenters. The van der Waals surface area contributed by atoms with Gasteiger partial charge in [0, 0.05) is 18.9 Å². The minimum absolute atomic E-state index is 0.0116. The van der Waals surface area contributed by atoms with Crippen molar-refractivity contribution in [2.24, 2.45) is 41.4 Å². The Morgan fingerprint density at radius 2 is 1.77 bits per heavy atom. The average Bonchev–Trinajstić information content (AvgIpc) is 3.55. The summed E-state index contributed by atoms with van der Waals surface area (Å²) in [5, 5.41) is 21.6. The topological polar surface area (TPSA) is 112 Å². The number of aliphatic hydroxyl groups excluding tert-OH is 2. The van der Waals surface area contributed by atoms with E-state index in [0.717, 1.165) is 44.1 Å². The van der Waals surface area contributed by atoms with Gasteiger partial charge in [0.25, 0.3) is 0 Å². The number of allylic oxidation sites excluding steroid dienone is 2. The Morgan fingerprint density at radius 3 is 2.42 bits per heavy atom. The predicted molar refractivity (Wildman–Crippen MR) is 164 cm³/mol. The van der Waals surface area contributed by atoms with Crippen molar-refractivity contribution >= 4 is 11.8 Å². The molecule has 0 spiro atoms. The first-order valence-corrected chi connectivity index (χ1v) is 16.4. The minimum atomic E-state index is -0.739. The zero-order valence-electron chi connectivity index (χ0n) is 27.2. The second-order valence-electron chi connectivity index (χ2n) is 13.8. The molecular weight excluding hydrogens is 548 g/mol. The van der Waals surface area contributed by atoms with Crippen LogP contribution in [0.4, 0.5) is 0 Å². The molecule has 4 aliphatic rings. The van der Waals surface area contributed by atoms with Crippen LogP contribution in [-0.4, -0.2) is 72.8 Å². The van der Waals surface area contributed by atoms with E-state index in [1.54, 1.807) is 7.11 Å². The van der Waals surface area contributed by atoms with E-state index < -0.39 is 17.7 Å². The number of esters is 1. The standard InChI is InChI=1S/C35H54O8/c1-19-9-8-10-25(30(19)23(5)32(38)31-28(37)18-41-35(31)39)16-26(17-36)34-21(3)12-14-27(42-34)13-11-20(2)33-22(4)15-29(43-33)24(6)40-7/h11,13,16,19-25,27,29-30,33-34,36,38H,8-10,12,14-15,17-18H2,1-7H3/b13-11+,26-16+,32-31-. The van der Waals surface area contributed by atoms with Gasteiger partial charge in [-0.2, -0.15) is 0 Å². The fraction of sp³-hybridized carbons (Fsp3) is 0.771.